The van der Waals surface area contributed by atoms with Crippen LogP contribution in [0.2, 0.25) is 0 Å². The molecule has 112 valence electrons. The molecule has 1 saturated heterocycles. The highest BCUT2D eigenvalue weighted by molar-refractivity contribution is 5.26. The van der Waals surface area contributed by atoms with Gasteiger partial charge in [0.05, 0.1) is 0 Å². The molecule has 1 aliphatic rings. The lowest BCUT2D eigenvalue weighted by atomic mass is 9.96. The Labute approximate surface area is 123 Å². The van der Waals surface area contributed by atoms with Crippen LogP contribution in [0.1, 0.15) is 35.7 Å². The molecule has 0 radical (unpaired) electrons. The SMILES string of the molecule is Cc1cc(F)ccc1CN1CCCC(c2nc(N)n[nH]2)C1. The zero-order chi connectivity index (χ0) is 14.8. The highest BCUT2D eigenvalue weighted by Gasteiger charge is 2.24. The van der Waals surface area contributed by atoms with Crippen LogP contribution < -0.4 is 5.73 Å². The van der Waals surface area contributed by atoms with Gasteiger partial charge in [-0.2, -0.15) is 4.98 Å². The molecule has 21 heavy (non-hydrogen) atoms. The molecule has 1 fully saturated rings. The molecular formula is C15H20FN5. The van der Waals surface area contributed by atoms with Gasteiger partial charge in [0.25, 0.3) is 0 Å². The Kier molecular flexibility index (Phi) is 3.88. The summed E-state index contributed by atoms with van der Waals surface area (Å²) in [5.41, 5.74) is 7.75. The van der Waals surface area contributed by atoms with Crippen LogP contribution in [-0.4, -0.2) is 33.2 Å². The highest BCUT2D eigenvalue weighted by atomic mass is 19.1. The Hall–Kier alpha value is -1.95. The molecular weight excluding hydrogens is 269 g/mol. The molecule has 3 N–H and O–H groups in total. The summed E-state index contributed by atoms with van der Waals surface area (Å²) in [7, 11) is 0. The van der Waals surface area contributed by atoms with E-state index in [0.717, 1.165) is 43.9 Å². The predicted octanol–water partition coefficient (Wildman–Crippen LogP) is 2.21. The second-order valence-corrected chi connectivity index (χ2v) is 5.72. The van der Waals surface area contributed by atoms with E-state index in [1.54, 1.807) is 6.07 Å². The number of rotatable bonds is 3. The van der Waals surface area contributed by atoms with Gasteiger partial charge in [0.1, 0.15) is 11.6 Å². The first-order valence-corrected chi connectivity index (χ1v) is 7.27. The minimum Gasteiger partial charge on any atom is -0.367 e. The van der Waals surface area contributed by atoms with Crippen LogP contribution in [0.5, 0.6) is 0 Å². The highest BCUT2D eigenvalue weighted by Crippen LogP contribution is 2.26. The fraction of sp³-hybridized carbons (Fsp3) is 0.467. The van der Waals surface area contributed by atoms with Crippen molar-refractivity contribution in [2.75, 3.05) is 18.8 Å². The number of hydrogen-bond donors (Lipinski definition) is 2. The summed E-state index contributed by atoms with van der Waals surface area (Å²) in [4.78, 5) is 6.62. The van der Waals surface area contributed by atoms with Crippen molar-refractivity contribution < 1.29 is 4.39 Å². The van der Waals surface area contributed by atoms with Gasteiger partial charge in [-0.3, -0.25) is 10.00 Å². The van der Waals surface area contributed by atoms with Crippen LogP contribution in [-0.2, 0) is 6.54 Å². The molecule has 5 nitrogen and oxygen atoms in total. The van der Waals surface area contributed by atoms with Gasteiger partial charge in [-0.1, -0.05) is 6.07 Å². The topological polar surface area (TPSA) is 70.8 Å². The van der Waals surface area contributed by atoms with Crippen LogP contribution in [0.3, 0.4) is 0 Å². The average molecular weight is 289 g/mol. The van der Waals surface area contributed by atoms with E-state index in [1.807, 2.05) is 13.0 Å². The second-order valence-electron chi connectivity index (χ2n) is 5.72. The van der Waals surface area contributed by atoms with Crippen LogP contribution in [0, 0.1) is 12.7 Å². The molecule has 1 unspecified atom stereocenters. The van der Waals surface area contributed by atoms with E-state index in [9.17, 15) is 4.39 Å². The summed E-state index contributed by atoms with van der Waals surface area (Å²) in [6.45, 7) is 4.77. The number of aromatic nitrogens is 3. The third-order valence-electron chi connectivity index (χ3n) is 4.11. The number of hydrogen-bond acceptors (Lipinski definition) is 4. The fourth-order valence-electron chi connectivity index (χ4n) is 2.97. The van der Waals surface area contributed by atoms with Gasteiger partial charge in [-0.25, -0.2) is 4.39 Å². The lowest BCUT2D eigenvalue weighted by molar-refractivity contribution is 0.196. The van der Waals surface area contributed by atoms with Crippen molar-refractivity contribution in [2.24, 2.45) is 0 Å². The summed E-state index contributed by atoms with van der Waals surface area (Å²) in [5.74, 6) is 1.33. The van der Waals surface area contributed by atoms with Crippen molar-refractivity contribution in [2.45, 2.75) is 32.2 Å². The first kappa shape index (κ1) is 14.0. The summed E-state index contributed by atoms with van der Waals surface area (Å²) >= 11 is 0. The minimum absolute atomic E-state index is 0.176. The Morgan fingerprint density at radius 2 is 2.33 bits per heavy atom. The van der Waals surface area contributed by atoms with Crippen LogP contribution in [0.25, 0.3) is 0 Å². The zero-order valence-corrected chi connectivity index (χ0v) is 12.1. The maximum atomic E-state index is 13.2. The average Bonchev–Trinajstić information content (AvgIpc) is 2.89. The Morgan fingerprint density at radius 1 is 1.48 bits per heavy atom. The molecule has 6 heteroatoms. The molecule has 2 aromatic rings. The van der Waals surface area contributed by atoms with Crippen molar-refractivity contribution in [3.05, 3.63) is 41.0 Å². The van der Waals surface area contributed by atoms with Crippen molar-refractivity contribution in [3.8, 4) is 0 Å². The van der Waals surface area contributed by atoms with Gasteiger partial charge in [-0.05, 0) is 49.6 Å². The van der Waals surface area contributed by atoms with Crippen LogP contribution in [0.4, 0.5) is 10.3 Å². The van der Waals surface area contributed by atoms with Crippen molar-refractivity contribution in [1.82, 2.24) is 20.1 Å². The van der Waals surface area contributed by atoms with Crippen LogP contribution >= 0.6 is 0 Å². The number of piperidine rings is 1. The minimum atomic E-state index is -0.176. The second kappa shape index (κ2) is 5.81. The van der Waals surface area contributed by atoms with E-state index in [-0.39, 0.29) is 5.82 Å². The van der Waals surface area contributed by atoms with Crippen molar-refractivity contribution in [3.63, 3.8) is 0 Å². The summed E-state index contributed by atoms with van der Waals surface area (Å²) in [6.07, 6.45) is 2.21. The smallest absolute Gasteiger partial charge is 0.239 e. The van der Waals surface area contributed by atoms with Crippen molar-refractivity contribution >= 4 is 5.95 Å². The van der Waals surface area contributed by atoms with Gasteiger partial charge < -0.3 is 5.73 Å². The van der Waals surface area contributed by atoms with E-state index >= 15 is 0 Å². The number of nitrogens with two attached hydrogens (primary N) is 1. The summed E-state index contributed by atoms with van der Waals surface area (Å²) < 4.78 is 13.2. The molecule has 1 aromatic heterocycles. The number of aromatic amines is 1. The third kappa shape index (κ3) is 3.21. The quantitative estimate of drug-likeness (QED) is 0.909. The van der Waals surface area contributed by atoms with Gasteiger partial charge in [-0.15, -0.1) is 5.10 Å². The molecule has 1 aliphatic heterocycles. The number of nitrogens with zero attached hydrogens (tertiary/aromatic N) is 3. The molecule has 0 saturated carbocycles. The number of anilines is 1. The van der Waals surface area contributed by atoms with E-state index in [4.69, 9.17) is 5.73 Å². The number of nitrogen functional groups attached to an aromatic ring is 1. The van der Waals surface area contributed by atoms with E-state index in [0.29, 0.717) is 11.9 Å². The number of nitrogens with one attached hydrogen (secondary N) is 1. The maximum Gasteiger partial charge on any atom is 0.239 e. The standard InChI is InChI=1S/C15H20FN5/c1-10-7-13(16)5-4-11(10)8-21-6-2-3-12(9-21)14-18-15(17)20-19-14/h4-5,7,12H,2-3,6,8-9H2,1H3,(H3,17,18,19,20). The molecule has 0 aliphatic carbocycles. The number of H-pyrrole nitrogens is 1. The number of benzene rings is 1. The summed E-state index contributed by atoms with van der Waals surface area (Å²) in [6, 6.07) is 5.00. The monoisotopic (exact) mass is 289 g/mol. The third-order valence-corrected chi connectivity index (χ3v) is 4.11. The Morgan fingerprint density at radius 3 is 3.05 bits per heavy atom. The van der Waals surface area contributed by atoms with Gasteiger partial charge >= 0.3 is 0 Å². The molecule has 3 rings (SSSR count). The normalized spacial score (nSPS) is 19.8. The first-order chi connectivity index (χ1) is 10.1. The number of aryl methyl sites for hydroxylation is 1. The number of likely N-dealkylation sites (tertiary alicyclic amines) is 1. The lowest BCUT2D eigenvalue weighted by Gasteiger charge is -2.32. The molecule has 2 heterocycles. The molecule has 0 spiro atoms. The lowest BCUT2D eigenvalue weighted by Crippen LogP contribution is -2.34. The zero-order valence-electron chi connectivity index (χ0n) is 12.1. The fourth-order valence-corrected chi connectivity index (χ4v) is 2.97. The van der Waals surface area contributed by atoms with Gasteiger partial charge in [0.15, 0.2) is 0 Å². The maximum absolute atomic E-state index is 13.2. The summed E-state index contributed by atoms with van der Waals surface area (Å²) in [5, 5.41) is 6.82. The largest absolute Gasteiger partial charge is 0.367 e. The molecule has 1 atom stereocenters. The first-order valence-electron chi connectivity index (χ1n) is 7.27. The number of halogens is 1. The van der Waals surface area contributed by atoms with Crippen molar-refractivity contribution in [1.29, 1.82) is 0 Å². The Bertz CT molecular complexity index is 624. The van der Waals surface area contributed by atoms with E-state index < -0.39 is 0 Å². The van der Waals surface area contributed by atoms with Gasteiger partial charge in [0, 0.05) is 19.0 Å². The van der Waals surface area contributed by atoms with E-state index in [2.05, 4.69) is 20.1 Å². The van der Waals surface area contributed by atoms with E-state index in [1.165, 1.54) is 11.6 Å². The predicted molar refractivity (Wildman–Crippen MR) is 79.2 cm³/mol. The van der Waals surface area contributed by atoms with Gasteiger partial charge in [0.2, 0.25) is 5.95 Å². The van der Waals surface area contributed by atoms with Crippen LogP contribution in [0.15, 0.2) is 18.2 Å². The molecule has 0 amide bonds. The molecule has 0 bridgehead atoms. The Balaban J connectivity index is 1.68. The molecule has 1 aromatic carbocycles.